The molecule has 0 atom stereocenters. The molecule has 3 nitrogen and oxygen atoms in total. The molecule has 1 heterocycles. The van der Waals surface area contributed by atoms with Gasteiger partial charge in [-0.3, -0.25) is 0 Å². The van der Waals surface area contributed by atoms with Crippen molar-refractivity contribution < 1.29 is 5.11 Å². The van der Waals surface area contributed by atoms with Crippen LogP contribution in [0.3, 0.4) is 0 Å². The highest BCUT2D eigenvalue weighted by atomic mass is 16.3. The van der Waals surface area contributed by atoms with Gasteiger partial charge in [-0.05, 0) is 6.92 Å². The predicted molar refractivity (Wildman–Crippen MR) is 38.7 cm³/mol. The molecule has 0 saturated carbocycles. The van der Waals surface area contributed by atoms with Gasteiger partial charge in [0.05, 0.1) is 12.0 Å². The second-order valence-electron chi connectivity index (χ2n) is 2.36. The van der Waals surface area contributed by atoms with E-state index in [1.54, 1.807) is 6.33 Å². The van der Waals surface area contributed by atoms with Gasteiger partial charge in [-0.1, -0.05) is 0 Å². The number of rotatable bonds is 2. The maximum Gasteiger partial charge on any atom is 0.0948 e. The summed E-state index contributed by atoms with van der Waals surface area (Å²) in [7, 11) is 1.94. The summed E-state index contributed by atoms with van der Waals surface area (Å²) in [6, 6.07) is 0. The molecule has 0 amide bonds. The quantitative estimate of drug-likeness (QED) is 0.640. The zero-order chi connectivity index (χ0) is 7.56. The number of aryl methyl sites for hydroxylation is 2. The third-order valence-electron chi connectivity index (χ3n) is 1.62. The Morgan fingerprint density at radius 1 is 1.70 bits per heavy atom. The van der Waals surface area contributed by atoms with Crippen molar-refractivity contribution in [3.05, 3.63) is 17.7 Å². The number of aliphatic hydroxyl groups is 1. The molecule has 0 fully saturated rings. The summed E-state index contributed by atoms with van der Waals surface area (Å²) >= 11 is 0. The van der Waals surface area contributed by atoms with Gasteiger partial charge in [0.1, 0.15) is 0 Å². The average Bonchev–Trinajstić information content (AvgIpc) is 2.20. The van der Waals surface area contributed by atoms with E-state index in [-0.39, 0.29) is 6.61 Å². The second kappa shape index (κ2) is 2.84. The van der Waals surface area contributed by atoms with E-state index in [4.69, 9.17) is 5.11 Å². The molecule has 0 bridgehead atoms. The van der Waals surface area contributed by atoms with Crippen LogP contribution in [-0.2, 0) is 13.5 Å². The Morgan fingerprint density at radius 3 is 2.80 bits per heavy atom. The number of aromatic nitrogens is 2. The van der Waals surface area contributed by atoms with Crippen molar-refractivity contribution in [2.75, 3.05) is 6.61 Å². The fourth-order valence-corrected chi connectivity index (χ4v) is 1.04. The molecule has 1 aromatic rings. The Balaban J connectivity index is 2.87. The second-order valence-corrected chi connectivity index (χ2v) is 2.36. The molecule has 3 heteroatoms. The van der Waals surface area contributed by atoms with Gasteiger partial charge in [-0.2, -0.15) is 0 Å². The topological polar surface area (TPSA) is 38.0 Å². The highest BCUT2D eigenvalue weighted by Crippen LogP contribution is 2.03. The Bertz CT molecular complexity index is 198. The van der Waals surface area contributed by atoms with Crippen LogP contribution in [0, 0.1) is 6.92 Å². The fourth-order valence-electron chi connectivity index (χ4n) is 1.04. The summed E-state index contributed by atoms with van der Waals surface area (Å²) in [5.41, 5.74) is 2.12. The molecule has 0 aliphatic rings. The van der Waals surface area contributed by atoms with Crippen molar-refractivity contribution >= 4 is 0 Å². The standard InChI is InChI=1S/C7H12N2O/c1-6-7(3-4-10)9(2)5-8-6/h5,10H,3-4H2,1-2H3. The third-order valence-corrected chi connectivity index (χ3v) is 1.62. The van der Waals surface area contributed by atoms with Gasteiger partial charge >= 0.3 is 0 Å². The van der Waals surface area contributed by atoms with Crippen molar-refractivity contribution in [1.29, 1.82) is 0 Å². The first-order valence-corrected chi connectivity index (χ1v) is 3.33. The molecule has 1 rings (SSSR count). The first kappa shape index (κ1) is 7.28. The number of aliphatic hydroxyl groups excluding tert-OH is 1. The summed E-state index contributed by atoms with van der Waals surface area (Å²) in [6.07, 6.45) is 2.46. The van der Waals surface area contributed by atoms with Crippen LogP contribution in [0.5, 0.6) is 0 Å². The maximum absolute atomic E-state index is 8.65. The molecule has 0 unspecified atom stereocenters. The Kier molecular flexibility index (Phi) is 2.06. The Hall–Kier alpha value is -0.830. The van der Waals surface area contributed by atoms with Crippen molar-refractivity contribution in [1.82, 2.24) is 9.55 Å². The monoisotopic (exact) mass is 140 g/mol. The highest BCUT2D eigenvalue weighted by Gasteiger charge is 2.01. The average molecular weight is 140 g/mol. The Morgan fingerprint density at radius 2 is 2.40 bits per heavy atom. The molecule has 0 radical (unpaired) electrons. The van der Waals surface area contributed by atoms with Gasteiger partial charge in [-0.25, -0.2) is 4.98 Å². The van der Waals surface area contributed by atoms with E-state index >= 15 is 0 Å². The van der Waals surface area contributed by atoms with Gasteiger partial charge in [0.2, 0.25) is 0 Å². The normalized spacial score (nSPS) is 10.3. The lowest BCUT2D eigenvalue weighted by Crippen LogP contribution is -1.99. The van der Waals surface area contributed by atoms with Crippen LogP contribution < -0.4 is 0 Å². The summed E-state index contributed by atoms with van der Waals surface area (Å²) in [4.78, 5) is 4.09. The molecule has 1 aromatic heterocycles. The molecule has 1 N–H and O–H groups in total. The number of hydrogen-bond acceptors (Lipinski definition) is 2. The minimum atomic E-state index is 0.195. The molecule has 56 valence electrons. The summed E-state index contributed by atoms with van der Waals surface area (Å²) < 4.78 is 1.94. The van der Waals surface area contributed by atoms with E-state index in [1.165, 1.54) is 0 Å². The molecular formula is C7H12N2O. The van der Waals surface area contributed by atoms with Gasteiger partial charge in [0, 0.05) is 25.8 Å². The largest absolute Gasteiger partial charge is 0.396 e. The van der Waals surface area contributed by atoms with E-state index < -0.39 is 0 Å². The zero-order valence-corrected chi connectivity index (χ0v) is 6.33. The minimum absolute atomic E-state index is 0.195. The van der Waals surface area contributed by atoms with Crippen molar-refractivity contribution in [2.45, 2.75) is 13.3 Å². The van der Waals surface area contributed by atoms with Gasteiger partial charge in [-0.15, -0.1) is 0 Å². The van der Waals surface area contributed by atoms with Crippen LogP contribution in [0.25, 0.3) is 0 Å². The molecule has 10 heavy (non-hydrogen) atoms. The maximum atomic E-state index is 8.65. The van der Waals surface area contributed by atoms with Crippen LogP contribution in [0.15, 0.2) is 6.33 Å². The first-order chi connectivity index (χ1) is 4.75. The number of imidazole rings is 1. The lowest BCUT2D eigenvalue weighted by molar-refractivity contribution is 0.296. The predicted octanol–water partition coefficient (Wildman–Crippen LogP) is 0.263. The number of nitrogens with zero attached hydrogens (tertiary/aromatic N) is 2. The van der Waals surface area contributed by atoms with Crippen molar-refractivity contribution in [3.63, 3.8) is 0 Å². The van der Waals surface area contributed by atoms with Crippen LogP contribution >= 0.6 is 0 Å². The van der Waals surface area contributed by atoms with E-state index in [0.29, 0.717) is 6.42 Å². The highest BCUT2D eigenvalue weighted by molar-refractivity contribution is 5.10. The molecule has 0 spiro atoms. The van der Waals surface area contributed by atoms with Crippen molar-refractivity contribution in [2.24, 2.45) is 7.05 Å². The van der Waals surface area contributed by atoms with Gasteiger partial charge in [0.25, 0.3) is 0 Å². The molecule has 0 aliphatic heterocycles. The van der Waals surface area contributed by atoms with Gasteiger partial charge in [0.15, 0.2) is 0 Å². The van der Waals surface area contributed by atoms with E-state index in [9.17, 15) is 0 Å². The molecule has 0 aliphatic carbocycles. The van der Waals surface area contributed by atoms with Crippen LogP contribution in [0.2, 0.25) is 0 Å². The zero-order valence-electron chi connectivity index (χ0n) is 6.33. The van der Waals surface area contributed by atoms with E-state index in [0.717, 1.165) is 11.4 Å². The van der Waals surface area contributed by atoms with E-state index in [1.807, 2.05) is 18.5 Å². The number of hydrogen-bond donors (Lipinski definition) is 1. The Labute approximate surface area is 60.3 Å². The molecular weight excluding hydrogens is 128 g/mol. The fraction of sp³-hybridized carbons (Fsp3) is 0.571. The molecule has 0 aromatic carbocycles. The van der Waals surface area contributed by atoms with Crippen molar-refractivity contribution in [3.8, 4) is 0 Å². The SMILES string of the molecule is Cc1ncn(C)c1CCO. The third kappa shape index (κ3) is 1.19. The van der Waals surface area contributed by atoms with E-state index in [2.05, 4.69) is 4.98 Å². The smallest absolute Gasteiger partial charge is 0.0948 e. The summed E-state index contributed by atoms with van der Waals surface area (Å²) in [6.45, 7) is 2.14. The molecule has 0 saturated heterocycles. The van der Waals surface area contributed by atoms with Gasteiger partial charge < -0.3 is 9.67 Å². The minimum Gasteiger partial charge on any atom is -0.396 e. The van der Waals surface area contributed by atoms with Crippen LogP contribution in [-0.4, -0.2) is 21.3 Å². The first-order valence-electron chi connectivity index (χ1n) is 3.33. The summed E-state index contributed by atoms with van der Waals surface area (Å²) in [5, 5.41) is 8.65. The summed E-state index contributed by atoms with van der Waals surface area (Å²) in [5.74, 6) is 0. The lowest BCUT2D eigenvalue weighted by Gasteiger charge is -1.99. The van der Waals surface area contributed by atoms with Crippen LogP contribution in [0.1, 0.15) is 11.4 Å². The lowest BCUT2D eigenvalue weighted by atomic mass is 10.3. The van der Waals surface area contributed by atoms with Crippen LogP contribution in [0.4, 0.5) is 0 Å².